The summed E-state index contributed by atoms with van der Waals surface area (Å²) < 4.78 is 1.44. The quantitative estimate of drug-likeness (QED) is 0.237. The molecule has 140 valence electrons. The van der Waals surface area contributed by atoms with Crippen molar-refractivity contribution in [2.45, 2.75) is 105 Å². The maximum Gasteiger partial charge on any atom is 0.106 e. The van der Waals surface area contributed by atoms with E-state index in [1.807, 2.05) is 6.79 Å². The summed E-state index contributed by atoms with van der Waals surface area (Å²) in [7, 11) is 0. The van der Waals surface area contributed by atoms with Gasteiger partial charge in [0, 0.05) is 0 Å². The van der Waals surface area contributed by atoms with Gasteiger partial charge in [0.05, 0.1) is 26.2 Å². The van der Waals surface area contributed by atoms with Crippen molar-refractivity contribution in [2.75, 3.05) is 26.2 Å². The smallest absolute Gasteiger partial charge is 0.106 e. The van der Waals surface area contributed by atoms with Crippen molar-refractivity contribution in [1.29, 1.82) is 0 Å². The van der Waals surface area contributed by atoms with E-state index in [1.54, 1.807) is 0 Å². The fourth-order valence-corrected chi connectivity index (χ4v) is 3.46. The van der Waals surface area contributed by atoms with E-state index in [9.17, 15) is 0 Å². The van der Waals surface area contributed by atoms with Crippen molar-refractivity contribution in [3.63, 3.8) is 0 Å². The Balaban J connectivity index is 0. The van der Waals surface area contributed by atoms with Crippen molar-refractivity contribution in [3.05, 3.63) is 0 Å². The molecule has 0 aliphatic heterocycles. The minimum absolute atomic E-state index is 1.36. The number of rotatable bonds is 16. The van der Waals surface area contributed by atoms with Crippen LogP contribution in [0.4, 0.5) is 0 Å². The number of nitrogens with zero attached hydrogens (tertiary/aromatic N) is 1. The monoisotopic (exact) mass is 328 g/mol. The molecule has 0 heterocycles. The van der Waals surface area contributed by atoms with Gasteiger partial charge >= 0.3 is 0 Å². The second-order valence-corrected chi connectivity index (χ2v) is 7.06. The molecule has 0 aromatic rings. The molecule has 0 N–H and O–H groups in total. The third kappa shape index (κ3) is 14.9. The predicted octanol–water partition coefficient (Wildman–Crippen LogP) is 6.38. The molecule has 0 bridgehead atoms. The fourth-order valence-electron chi connectivity index (χ4n) is 3.46. The van der Waals surface area contributed by atoms with Gasteiger partial charge in [0.15, 0.2) is 0 Å². The Kier molecular flexibility index (Phi) is 21.3. The van der Waals surface area contributed by atoms with E-state index in [1.165, 1.54) is 108 Å². The maximum atomic E-state index is 8.00. The molecule has 0 saturated carbocycles. The minimum Gasteiger partial charge on any atom is -0.324 e. The first-order valence-corrected chi connectivity index (χ1v) is 10.4. The first-order chi connectivity index (χ1) is 11.2. The molecule has 0 radical (unpaired) electrons. The molecule has 0 fully saturated rings. The highest BCUT2D eigenvalue weighted by Gasteiger charge is 2.25. The number of hydrogen-bond donors (Lipinski definition) is 0. The van der Waals surface area contributed by atoms with E-state index in [0.717, 1.165) is 0 Å². The lowest BCUT2D eigenvalue weighted by atomic mass is 10.1. The largest absolute Gasteiger partial charge is 0.324 e. The molecule has 0 spiro atoms. The highest BCUT2D eigenvalue weighted by Crippen LogP contribution is 2.18. The molecule has 0 atom stereocenters. The van der Waals surface area contributed by atoms with Gasteiger partial charge in [-0.05, 0) is 51.4 Å². The zero-order valence-corrected chi connectivity index (χ0v) is 16.9. The number of quaternary nitrogens is 1. The van der Waals surface area contributed by atoms with Crippen molar-refractivity contribution >= 4 is 6.79 Å². The molecule has 0 unspecified atom stereocenters. The summed E-state index contributed by atoms with van der Waals surface area (Å²) >= 11 is 0. The normalized spacial score (nSPS) is 11.1. The van der Waals surface area contributed by atoms with Crippen LogP contribution in [0.15, 0.2) is 0 Å². The zero-order chi connectivity index (χ0) is 17.8. The van der Waals surface area contributed by atoms with E-state index >= 15 is 0 Å². The first kappa shape index (κ1) is 24.9. The van der Waals surface area contributed by atoms with Crippen LogP contribution in [0.1, 0.15) is 105 Å². The Morgan fingerprint density at radius 3 is 0.870 bits per heavy atom. The summed E-state index contributed by atoms with van der Waals surface area (Å²) in [6, 6.07) is 0. The highest BCUT2D eigenvalue weighted by molar-refractivity contribution is 5.10. The molecule has 23 heavy (non-hydrogen) atoms. The highest BCUT2D eigenvalue weighted by atomic mass is 16.1. The van der Waals surface area contributed by atoms with E-state index in [-0.39, 0.29) is 0 Å². The van der Waals surface area contributed by atoms with Crippen LogP contribution in [0.25, 0.3) is 0 Å². The molecule has 0 aromatic carbocycles. The van der Waals surface area contributed by atoms with Crippen LogP contribution < -0.4 is 0 Å². The van der Waals surface area contributed by atoms with Gasteiger partial charge in [-0.1, -0.05) is 53.4 Å². The number of unbranched alkanes of at least 4 members (excludes halogenated alkanes) is 8. The lowest BCUT2D eigenvalue weighted by Gasteiger charge is -2.39. The SMILES string of the molecule is C=O.CCCCC[N+](CCCCC)(CCCCC)CCCCC. The average Bonchev–Trinajstić information content (AvgIpc) is 2.57. The molecule has 0 amide bonds. The van der Waals surface area contributed by atoms with Crippen molar-refractivity contribution < 1.29 is 9.28 Å². The van der Waals surface area contributed by atoms with Crippen LogP contribution in [0.5, 0.6) is 0 Å². The Morgan fingerprint density at radius 2 is 0.696 bits per heavy atom. The van der Waals surface area contributed by atoms with Crippen molar-refractivity contribution in [1.82, 2.24) is 0 Å². The Hall–Kier alpha value is -0.370. The second kappa shape index (κ2) is 19.7. The van der Waals surface area contributed by atoms with E-state index in [2.05, 4.69) is 27.7 Å². The van der Waals surface area contributed by atoms with Crippen LogP contribution in [-0.2, 0) is 4.79 Å². The first-order valence-electron chi connectivity index (χ1n) is 10.4. The Labute approximate surface area is 147 Å². The minimum atomic E-state index is 1.36. The van der Waals surface area contributed by atoms with E-state index in [0.29, 0.717) is 0 Å². The fraction of sp³-hybridized carbons (Fsp3) is 0.952. The van der Waals surface area contributed by atoms with Crippen LogP contribution in [0, 0.1) is 0 Å². The molecule has 2 heteroatoms. The van der Waals surface area contributed by atoms with Crippen molar-refractivity contribution in [2.24, 2.45) is 0 Å². The lowest BCUT2D eigenvalue weighted by Crippen LogP contribution is -2.50. The van der Waals surface area contributed by atoms with E-state index in [4.69, 9.17) is 4.79 Å². The third-order valence-electron chi connectivity index (χ3n) is 4.94. The van der Waals surface area contributed by atoms with Gasteiger partial charge in [0.2, 0.25) is 0 Å². The summed E-state index contributed by atoms with van der Waals surface area (Å²) in [6.45, 7) is 17.1. The summed E-state index contributed by atoms with van der Waals surface area (Å²) in [6.07, 6.45) is 16.9. The van der Waals surface area contributed by atoms with Crippen LogP contribution in [-0.4, -0.2) is 37.5 Å². The van der Waals surface area contributed by atoms with Gasteiger partial charge in [-0.3, -0.25) is 0 Å². The van der Waals surface area contributed by atoms with Gasteiger partial charge < -0.3 is 9.28 Å². The van der Waals surface area contributed by atoms with Gasteiger partial charge in [0.25, 0.3) is 0 Å². The Morgan fingerprint density at radius 1 is 0.478 bits per heavy atom. The molecule has 0 aromatic heterocycles. The predicted molar refractivity (Wildman–Crippen MR) is 105 cm³/mol. The Bertz CT molecular complexity index is 172. The molecular formula is C21H46NO+. The number of hydrogen-bond acceptors (Lipinski definition) is 1. The molecule has 0 saturated heterocycles. The second-order valence-electron chi connectivity index (χ2n) is 7.06. The van der Waals surface area contributed by atoms with Gasteiger partial charge in [0.1, 0.15) is 6.79 Å². The van der Waals surface area contributed by atoms with Gasteiger partial charge in [-0.2, -0.15) is 0 Å². The van der Waals surface area contributed by atoms with Crippen molar-refractivity contribution in [3.8, 4) is 0 Å². The average molecular weight is 329 g/mol. The van der Waals surface area contributed by atoms with E-state index < -0.39 is 0 Å². The molecule has 0 aliphatic carbocycles. The van der Waals surface area contributed by atoms with Crippen LogP contribution in [0.3, 0.4) is 0 Å². The molecule has 0 aliphatic rings. The standard InChI is InChI=1S/C20H44N.CH2O/c1-5-9-13-17-21(18-14-10-6-2,19-15-11-7-3)20-16-12-8-4;1-2/h5-20H2,1-4H3;1H2/q+1;. The molecule has 2 nitrogen and oxygen atoms in total. The summed E-state index contributed by atoms with van der Waals surface area (Å²) in [5, 5.41) is 0. The number of carbonyl (C=O) groups is 1. The topological polar surface area (TPSA) is 17.1 Å². The number of carbonyl (C=O) groups excluding carboxylic acids is 1. The third-order valence-corrected chi connectivity index (χ3v) is 4.94. The summed E-state index contributed by atoms with van der Waals surface area (Å²) in [5.41, 5.74) is 0. The lowest BCUT2D eigenvalue weighted by molar-refractivity contribution is -0.929. The van der Waals surface area contributed by atoms with Crippen LogP contribution >= 0.6 is 0 Å². The summed E-state index contributed by atoms with van der Waals surface area (Å²) in [4.78, 5) is 8.00. The van der Waals surface area contributed by atoms with Crippen LogP contribution in [0.2, 0.25) is 0 Å². The molecule has 0 rings (SSSR count). The van der Waals surface area contributed by atoms with Gasteiger partial charge in [-0.15, -0.1) is 0 Å². The maximum absolute atomic E-state index is 8.00. The zero-order valence-electron chi connectivity index (χ0n) is 16.9. The molecular weight excluding hydrogens is 282 g/mol. The van der Waals surface area contributed by atoms with Gasteiger partial charge in [-0.25, -0.2) is 0 Å². The summed E-state index contributed by atoms with van der Waals surface area (Å²) in [5.74, 6) is 0.